The molecule has 2 aromatic rings. The number of nitrogens with zero attached hydrogens (tertiary/aromatic N) is 3. The van der Waals surface area contributed by atoms with Crippen LogP contribution in [0.1, 0.15) is 172 Å². The molecule has 9 aliphatic rings. The topological polar surface area (TPSA) is 158 Å². The van der Waals surface area contributed by atoms with Gasteiger partial charge in [0.05, 0.1) is 56.2 Å². The minimum Gasteiger partial charge on any atom is -0.432 e. The number of hydrogen-bond acceptors (Lipinski definition) is 12. The maximum atomic E-state index is 16.1. The Balaban J connectivity index is 0.870. The Morgan fingerprint density at radius 1 is 0.707 bits per heavy atom. The SMILES string of the molecule is CC1C(OCc2ccccc2)CO[C@@H](OC2C3OC(C)(C)OC3[C@H](OC3C(C)C(N=[N+]=[N-])[C@H](COCc4ccccc4)O[C@H]3OC(=O)[C@]34CCC(C)(C)CC3C3=CCC5C6(C)CC[C@H](C)C(C)(C)[C@@H]6CC[C@]5(C)[C@]3(C)CC4)O[C@@H]2C)C1C. The van der Waals surface area contributed by atoms with E-state index in [1.54, 1.807) is 0 Å². The summed E-state index contributed by atoms with van der Waals surface area (Å²) in [4.78, 5) is 19.4. The molecule has 0 aromatic heterocycles. The monoisotopic (exact) mass is 1130 g/mol. The zero-order valence-corrected chi connectivity index (χ0v) is 52.0. The van der Waals surface area contributed by atoms with Gasteiger partial charge in [-0.2, -0.15) is 0 Å². The van der Waals surface area contributed by atoms with Gasteiger partial charge < -0.3 is 47.4 Å². The predicted octanol–water partition coefficient (Wildman–Crippen LogP) is 14.5. The van der Waals surface area contributed by atoms with Crippen molar-refractivity contribution in [3.8, 4) is 0 Å². The molecule has 0 bridgehead atoms. The molecule has 2 aromatic carbocycles. The van der Waals surface area contributed by atoms with E-state index < -0.39 is 78.7 Å². The van der Waals surface area contributed by atoms with Gasteiger partial charge in [-0.05, 0) is 164 Å². The van der Waals surface area contributed by atoms with Crippen molar-refractivity contribution < 1.29 is 52.2 Å². The number of ether oxygens (including phenoxy) is 10. The lowest BCUT2D eigenvalue weighted by atomic mass is 9.33. The second kappa shape index (κ2) is 22.7. The summed E-state index contributed by atoms with van der Waals surface area (Å²) in [6.07, 6.45) is 5.85. The Morgan fingerprint density at radius 2 is 1.38 bits per heavy atom. The summed E-state index contributed by atoms with van der Waals surface area (Å²) in [5, 5.41) is 4.37. The van der Waals surface area contributed by atoms with Crippen molar-refractivity contribution in [3.63, 3.8) is 0 Å². The molecular weight excluding hydrogens is 1030 g/mol. The summed E-state index contributed by atoms with van der Waals surface area (Å²) in [6.45, 7) is 33.6. The van der Waals surface area contributed by atoms with E-state index in [0.29, 0.717) is 43.0 Å². The fraction of sp³-hybridized carbons (Fsp3) is 0.779. The fourth-order valence-corrected chi connectivity index (χ4v) is 18.4. The van der Waals surface area contributed by atoms with Crippen LogP contribution in [-0.2, 0) is 65.4 Å². The van der Waals surface area contributed by atoms with Gasteiger partial charge in [0.25, 0.3) is 0 Å². The lowest BCUT2D eigenvalue weighted by molar-refractivity contribution is -0.351. The molecular formula is C68H99N3O11. The van der Waals surface area contributed by atoms with E-state index in [9.17, 15) is 5.53 Å². The molecule has 4 saturated carbocycles. The summed E-state index contributed by atoms with van der Waals surface area (Å²) in [6, 6.07) is 19.4. The van der Waals surface area contributed by atoms with Crippen LogP contribution in [0.15, 0.2) is 77.4 Å². The van der Waals surface area contributed by atoms with E-state index in [-0.39, 0.29) is 58.1 Å². The minimum absolute atomic E-state index is 0.00739. The lowest BCUT2D eigenvalue weighted by Crippen LogP contribution is -2.65. The number of carbonyl (C=O) groups is 1. The van der Waals surface area contributed by atoms with Crippen LogP contribution in [0.25, 0.3) is 10.4 Å². The highest BCUT2D eigenvalue weighted by atomic mass is 16.8. The minimum atomic E-state index is -1.21. The first-order valence-electron chi connectivity index (χ1n) is 31.7. The van der Waals surface area contributed by atoms with Gasteiger partial charge in [-0.1, -0.05) is 154 Å². The van der Waals surface area contributed by atoms with Crippen LogP contribution < -0.4 is 0 Å². The Labute approximate surface area is 490 Å². The van der Waals surface area contributed by atoms with Crippen LogP contribution in [0.5, 0.6) is 0 Å². The molecule has 82 heavy (non-hydrogen) atoms. The van der Waals surface area contributed by atoms with Crippen LogP contribution in [-0.4, -0.2) is 92.6 Å². The summed E-state index contributed by atoms with van der Waals surface area (Å²) in [5.41, 5.74) is 13.6. The van der Waals surface area contributed by atoms with Gasteiger partial charge in [0, 0.05) is 10.8 Å². The molecule has 12 unspecified atom stereocenters. The van der Waals surface area contributed by atoms with E-state index in [1.165, 1.54) is 31.3 Å². The average molecular weight is 1130 g/mol. The molecule has 11 rings (SSSR count). The highest BCUT2D eigenvalue weighted by molar-refractivity contribution is 5.79. The van der Waals surface area contributed by atoms with Crippen molar-refractivity contribution in [2.24, 2.45) is 79.0 Å². The van der Waals surface area contributed by atoms with Crippen molar-refractivity contribution >= 4 is 5.97 Å². The Morgan fingerprint density at radius 3 is 2.09 bits per heavy atom. The fourth-order valence-electron chi connectivity index (χ4n) is 18.4. The summed E-state index contributed by atoms with van der Waals surface area (Å²) < 4.78 is 67.8. The van der Waals surface area contributed by atoms with Crippen LogP contribution in [0.4, 0.5) is 0 Å². The van der Waals surface area contributed by atoms with Crippen molar-refractivity contribution in [2.75, 3.05) is 13.2 Å². The zero-order chi connectivity index (χ0) is 58.4. The standard InChI is InChI=1S/C68H99N3O11/c1-40-27-29-65(12)51(63(40,8)9)28-30-67(14)52(65)26-25-47-48-35-62(6,7)31-33-68(48,34-32-66(47,67)13)61(72)80-59-54(43(4)53(70-71-69)50(77-59)38-73-36-45-21-17-15-18-22-45)78-60-57-56(81-64(10,11)82-57)55(44(5)76-60)79-58-42(3)41(2)49(39-75-58)74-37-46-23-19-16-20-24-46/h15-25,40-44,48-60H,26-39H2,1-14H3/t40-,41?,42?,43?,44+,48?,49?,50-,51-,52?,53?,54?,55?,56?,57?,58-,59-,60-,65?,66+,67-,68-/m0/s1. The van der Waals surface area contributed by atoms with Gasteiger partial charge in [0.2, 0.25) is 6.29 Å². The molecule has 4 aliphatic heterocycles. The molecule has 5 aliphatic carbocycles. The van der Waals surface area contributed by atoms with Gasteiger partial charge >= 0.3 is 5.97 Å². The molecule has 14 nitrogen and oxygen atoms in total. The molecule has 0 amide bonds. The number of azide groups is 1. The number of rotatable bonds is 14. The van der Waals surface area contributed by atoms with Gasteiger partial charge in [0.1, 0.15) is 24.4 Å². The third-order valence-electron chi connectivity index (χ3n) is 24.1. The average Bonchev–Trinajstić information content (AvgIpc) is 3.41. The highest BCUT2D eigenvalue weighted by Crippen LogP contribution is 2.76. The molecule has 14 heteroatoms. The van der Waals surface area contributed by atoms with Crippen molar-refractivity contribution in [1.82, 2.24) is 0 Å². The van der Waals surface area contributed by atoms with Gasteiger partial charge in [-0.15, -0.1) is 0 Å². The number of fused-ring (bicyclic) bond motifs is 8. The smallest absolute Gasteiger partial charge is 0.315 e. The first-order valence-corrected chi connectivity index (χ1v) is 31.7. The third kappa shape index (κ3) is 10.7. The van der Waals surface area contributed by atoms with E-state index >= 15 is 4.79 Å². The largest absolute Gasteiger partial charge is 0.432 e. The predicted molar refractivity (Wildman–Crippen MR) is 312 cm³/mol. The van der Waals surface area contributed by atoms with Gasteiger partial charge in [-0.25, -0.2) is 0 Å². The van der Waals surface area contributed by atoms with Crippen LogP contribution in [0.2, 0.25) is 0 Å². The van der Waals surface area contributed by atoms with Gasteiger partial charge in [-0.3, -0.25) is 4.79 Å². The molecule has 0 radical (unpaired) electrons. The van der Waals surface area contributed by atoms with Crippen molar-refractivity contribution in [3.05, 3.63) is 93.9 Å². The highest BCUT2D eigenvalue weighted by Gasteiger charge is 2.70. The van der Waals surface area contributed by atoms with Crippen LogP contribution >= 0.6 is 0 Å². The Kier molecular flexibility index (Phi) is 16.7. The number of benzene rings is 2. The van der Waals surface area contributed by atoms with E-state index in [4.69, 9.17) is 47.4 Å². The number of hydrogen-bond donors (Lipinski definition) is 0. The van der Waals surface area contributed by atoms with Crippen LogP contribution in [0, 0.1) is 73.9 Å². The molecule has 4 saturated heterocycles. The maximum absolute atomic E-state index is 16.1. The molecule has 452 valence electrons. The number of allylic oxidation sites excluding steroid dienone is 2. The Bertz CT molecular complexity index is 2660. The maximum Gasteiger partial charge on any atom is 0.315 e. The lowest BCUT2D eigenvalue weighted by Gasteiger charge is -2.71. The zero-order valence-electron chi connectivity index (χ0n) is 52.0. The normalized spacial score (nSPS) is 45.4. The molecule has 8 fully saturated rings. The molecule has 4 heterocycles. The number of carbonyl (C=O) groups excluding carboxylic acids is 1. The summed E-state index contributed by atoms with van der Waals surface area (Å²) >= 11 is 0. The summed E-state index contributed by atoms with van der Waals surface area (Å²) in [7, 11) is 0. The van der Waals surface area contributed by atoms with E-state index in [1.807, 2.05) is 76.2 Å². The first-order chi connectivity index (χ1) is 38.8. The van der Waals surface area contributed by atoms with Crippen molar-refractivity contribution in [1.29, 1.82) is 0 Å². The summed E-state index contributed by atoms with van der Waals surface area (Å²) in [5.74, 6) is 0.326. The molecule has 0 spiro atoms. The Hall–Kier alpha value is -3.40. The van der Waals surface area contributed by atoms with E-state index in [0.717, 1.165) is 49.7 Å². The second-order valence-corrected chi connectivity index (χ2v) is 29.9. The molecule has 0 N–H and O–H groups in total. The van der Waals surface area contributed by atoms with E-state index in [2.05, 4.69) is 97.5 Å². The quantitative estimate of drug-likeness (QED) is 0.0583. The molecule has 22 atom stereocenters. The first kappa shape index (κ1) is 60.3. The van der Waals surface area contributed by atoms with Crippen molar-refractivity contribution in [2.45, 2.75) is 248 Å². The number of esters is 1. The second-order valence-electron chi connectivity index (χ2n) is 29.9. The van der Waals surface area contributed by atoms with Gasteiger partial charge in [0.15, 0.2) is 18.4 Å². The third-order valence-corrected chi connectivity index (χ3v) is 24.1. The van der Waals surface area contributed by atoms with Crippen LogP contribution in [0.3, 0.4) is 0 Å².